The van der Waals surface area contributed by atoms with Gasteiger partial charge in [0.1, 0.15) is 6.34 Å². The minimum Gasteiger partial charge on any atom is -0.493 e. The number of hydrogen-bond donors (Lipinski definition) is 3. The van der Waals surface area contributed by atoms with Crippen LogP contribution in [0.1, 0.15) is 0 Å². The maximum Gasteiger partial charge on any atom is 0.218 e. The molecule has 2 aromatic rings. The number of nitrogens with one attached hydrogen (secondary N) is 1. The predicted molar refractivity (Wildman–Crippen MR) is 57.2 cm³/mol. The van der Waals surface area contributed by atoms with Crippen LogP contribution in [0.2, 0.25) is 0 Å². The highest BCUT2D eigenvalue weighted by Crippen LogP contribution is 2.34. The molecule has 0 radical (unpaired) electrons. The molecule has 0 atom stereocenters. The van der Waals surface area contributed by atoms with Crippen LogP contribution in [-0.4, -0.2) is 16.4 Å². The van der Waals surface area contributed by atoms with Gasteiger partial charge in [-0.2, -0.15) is 0 Å². The van der Waals surface area contributed by atoms with Crippen LogP contribution in [0.5, 0.6) is 5.88 Å². The highest BCUT2D eigenvalue weighted by atomic mass is 16.3. The normalized spacial score (nSPS) is 12.0. The van der Waals surface area contributed by atoms with Crippen molar-refractivity contribution in [2.45, 2.75) is 0 Å². The van der Waals surface area contributed by atoms with Crippen molar-refractivity contribution in [3.05, 3.63) is 24.3 Å². The number of para-hydroxylation sites is 1. The zero-order valence-corrected chi connectivity index (χ0v) is 7.75. The van der Waals surface area contributed by atoms with Gasteiger partial charge in [-0.15, -0.1) is 10.2 Å². The topological polar surface area (TPSA) is 99.1 Å². The summed E-state index contributed by atoms with van der Waals surface area (Å²) in [6.07, 6.45) is 1.02. The standard InChI is InChI=1S/C9H9N5O/c10-5-11-14-13-8-6-3-1-2-4-7(6)12-9(8)15/h1-5,12,15H,(H2,10,11,13). The minimum absolute atomic E-state index is 0.0350. The number of hydrogen-bond acceptors (Lipinski definition) is 3. The maximum atomic E-state index is 9.54. The molecule has 76 valence electrons. The predicted octanol–water partition coefficient (Wildman–Crippen LogP) is 1.86. The zero-order valence-electron chi connectivity index (χ0n) is 7.75. The number of aromatic amines is 1. The van der Waals surface area contributed by atoms with Crippen LogP contribution in [0.25, 0.3) is 10.9 Å². The molecular formula is C9H9N5O. The molecule has 0 unspecified atom stereocenters. The van der Waals surface area contributed by atoms with Crippen molar-refractivity contribution in [1.29, 1.82) is 0 Å². The van der Waals surface area contributed by atoms with E-state index in [1.807, 2.05) is 24.3 Å². The lowest BCUT2D eigenvalue weighted by molar-refractivity contribution is 0.459. The molecule has 1 heterocycles. The average Bonchev–Trinajstić information content (AvgIpc) is 2.56. The highest BCUT2D eigenvalue weighted by Gasteiger charge is 2.08. The van der Waals surface area contributed by atoms with Crippen molar-refractivity contribution in [3.8, 4) is 5.88 Å². The van der Waals surface area contributed by atoms with Crippen LogP contribution >= 0.6 is 0 Å². The molecule has 0 saturated carbocycles. The lowest BCUT2D eigenvalue weighted by Gasteiger charge is -1.88. The first-order chi connectivity index (χ1) is 7.33. The van der Waals surface area contributed by atoms with Crippen LogP contribution in [0.3, 0.4) is 0 Å². The summed E-state index contributed by atoms with van der Waals surface area (Å²) in [4.78, 5) is 2.77. The van der Waals surface area contributed by atoms with E-state index in [9.17, 15) is 5.11 Å². The number of benzene rings is 1. The number of aromatic nitrogens is 1. The van der Waals surface area contributed by atoms with E-state index in [1.165, 1.54) is 0 Å². The van der Waals surface area contributed by atoms with Gasteiger partial charge in [0.2, 0.25) is 5.88 Å². The lowest BCUT2D eigenvalue weighted by atomic mass is 10.2. The van der Waals surface area contributed by atoms with Gasteiger partial charge in [-0.1, -0.05) is 18.2 Å². The summed E-state index contributed by atoms with van der Waals surface area (Å²) in [6, 6.07) is 7.37. The third-order valence-corrected chi connectivity index (χ3v) is 1.92. The summed E-state index contributed by atoms with van der Waals surface area (Å²) in [7, 11) is 0. The molecule has 0 aliphatic carbocycles. The van der Waals surface area contributed by atoms with E-state index < -0.39 is 0 Å². The Hall–Kier alpha value is -2.37. The Morgan fingerprint density at radius 1 is 1.33 bits per heavy atom. The first-order valence-electron chi connectivity index (χ1n) is 4.27. The molecule has 0 aliphatic rings. The Morgan fingerprint density at radius 3 is 2.93 bits per heavy atom. The molecule has 0 fully saturated rings. The monoisotopic (exact) mass is 203 g/mol. The first kappa shape index (κ1) is 9.20. The van der Waals surface area contributed by atoms with Crippen LogP contribution < -0.4 is 5.73 Å². The number of H-pyrrole nitrogens is 1. The molecular weight excluding hydrogens is 194 g/mol. The molecule has 0 bridgehead atoms. The number of rotatable bonds is 2. The van der Waals surface area contributed by atoms with Crippen LogP contribution in [0.15, 0.2) is 39.7 Å². The Bertz CT molecular complexity index is 528. The van der Waals surface area contributed by atoms with E-state index in [0.29, 0.717) is 5.69 Å². The number of nitrogens with zero attached hydrogens (tertiary/aromatic N) is 3. The van der Waals surface area contributed by atoms with Crippen molar-refractivity contribution in [2.75, 3.05) is 0 Å². The number of aromatic hydroxyl groups is 1. The van der Waals surface area contributed by atoms with Crippen LogP contribution in [0.4, 0.5) is 5.69 Å². The van der Waals surface area contributed by atoms with E-state index in [4.69, 9.17) is 5.73 Å². The van der Waals surface area contributed by atoms with Gasteiger partial charge in [-0.25, -0.2) is 0 Å². The van der Waals surface area contributed by atoms with Crippen LogP contribution in [0, 0.1) is 0 Å². The third kappa shape index (κ3) is 1.64. The summed E-state index contributed by atoms with van der Waals surface area (Å²) >= 11 is 0. The summed E-state index contributed by atoms with van der Waals surface area (Å²) in [5, 5.41) is 20.9. The molecule has 0 saturated heterocycles. The molecule has 6 nitrogen and oxygen atoms in total. The van der Waals surface area contributed by atoms with Gasteiger partial charge in [0.25, 0.3) is 0 Å². The first-order valence-corrected chi connectivity index (χ1v) is 4.27. The Morgan fingerprint density at radius 2 is 2.13 bits per heavy atom. The molecule has 0 amide bonds. The summed E-state index contributed by atoms with van der Waals surface area (Å²) in [5.41, 5.74) is 6.15. The molecule has 6 heteroatoms. The lowest BCUT2D eigenvalue weighted by Crippen LogP contribution is -1.84. The molecule has 15 heavy (non-hydrogen) atoms. The van der Waals surface area contributed by atoms with Gasteiger partial charge in [0.05, 0.1) is 5.52 Å². The second-order valence-electron chi connectivity index (χ2n) is 2.82. The largest absolute Gasteiger partial charge is 0.493 e. The van der Waals surface area contributed by atoms with Gasteiger partial charge in [-0.3, -0.25) is 0 Å². The van der Waals surface area contributed by atoms with E-state index >= 15 is 0 Å². The van der Waals surface area contributed by atoms with Gasteiger partial charge >= 0.3 is 0 Å². The van der Waals surface area contributed by atoms with Crippen molar-refractivity contribution >= 4 is 22.9 Å². The summed E-state index contributed by atoms with van der Waals surface area (Å²) in [5.74, 6) is -0.0350. The van der Waals surface area contributed by atoms with E-state index in [1.54, 1.807) is 0 Å². The fourth-order valence-corrected chi connectivity index (χ4v) is 1.31. The number of fused-ring (bicyclic) bond motifs is 1. The molecule has 4 N–H and O–H groups in total. The highest BCUT2D eigenvalue weighted by molar-refractivity contribution is 5.93. The van der Waals surface area contributed by atoms with Gasteiger partial charge < -0.3 is 15.8 Å². The molecule has 0 aliphatic heterocycles. The van der Waals surface area contributed by atoms with Crippen molar-refractivity contribution in [1.82, 2.24) is 4.98 Å². The summed E-state index contributed by atoms with van der Waals surface area (Å²) in [6.45, 7) is 0. The van der Waals surface area contributed by atoms with Gasteiger partial charge in [0.15, 0.2) is 5.69 Å². The minimum atomic E-state index is -0.0350. The van der Waals surface area contributed by atoms with Crippen LogP contribution in [-0.2, 0) is 0 Å². The summed E-state index contributed by atoms with van der Waals surface area (Å²) < 4.78 is 0. The Balaban J connectivity index is 2.54. The molecule has 1 aromatic carbocycles. The van der Waals surface area contributed by atoms with E-state index in [2.05, 4.69) is 20.4 Å². The van der Waals surface area contributed by atoms with Gasteiger partial charge in [-0.05, 0) is 11.3 Å². The third-order valence-electron chi connectivity index (χ3n) is 1.92. The second kappa shape index (κ2) is 3.79. The smallest absolute Gasteiger partial charge is 0.218 e. The van der Waals surface area contributed by atoms with Gasteiger partial charge in [0, 0.05) is 5.39 Å². The average molecular weight is 203 g/mol. The fourth-order valence-electron chi connectivity index (χ4n) is 1.31. The van der Waals surface area contributed by atoms with Crippen molar-refractivity contribution < 1.29 is 5.11 Å². The van der Waals surface area contributed by atoms with Crippen molar-refractivity contribution in [3.63, 3.8) is 0 Å². The Labute approximate surface area is 85.1 Å². The van der Waals surface area contributed by atoms with Crippen molar-refractivity contribution in [2.24, 2.45) is 21.2 Å². The second-order valence-corrected chi connectivity index (χ2v) is 2.82. The number of nitrogens with two attached hydrogens (primary N) is 1. The molecule has 1 aromatic heterocycles. The molecule has 0 spiro atoms. The fraction of sp³-hybridized carbons (Fsp3) is 0. The SMILES string of the molecule is N/C=N\N=Nc1c(O)[nH]c2ccccc12. The maximum absolute atomic E-state index is 9.54. The van der Waals surface area contributed by atoms with E-state index in [-0.39, 0.29) is 5.88 Å². The molecule has 2 rings (SSSR count). The zero-order chi connectivity index (χ0) is 10.7. The Kier molecular flexibility index (Phi) is 2.32. The van der Waals surface area contributed by atoms with E-state index in [0.717, 1.165) is 17.2 Å². The quantitative estimate of drug-likeness (QED) is 0.300.